The molecule has 25 heavy (non-hydrogen) atoms. The van der Waals surface area contributed by atoms with E-state index in [1.165, 1.54) is 64.2 Å². The molecule has 0 fully saturated rings. The summed E-state index contributed by atoms with van der Waals surface area (Å²) in [6.07, 6.45) is 18.4. The first kappa shape index (κ1) is 24.3. The van der Waals surface area contributed by atoms with Gasteiger partial charge in [-0.2, -0.15) is 0 Å². The van der Waals surface area contributed by atoms with Crippen LogP contribution in [0.4, 0.5) is 0 Å². The standard InChI is InChI=1S/C23H44O2/c1-5-7-9-11-13-15-17-19-22(25)23(4,21(3)24)20-18-16-14-12-10-8-6-2/h5-20H2,1-4H3. The van der Waals surface area contributed by atoms with E-state index >= 15 is 0 Å². The lowest BCUT2D eigenvalue weighted by molar-refractivity contribution is -0.139. The predicted molar refractivity (Wildman–Crippen MR) is 109 cm³/mol. The van der Waals surface area contributed by atoms with E-state index in [0.29, 0.717) is 6.42 Å². The molecule has 2 heteroatoms. The smallest absolute Gasteiger partial charge is 0.146 e. The van der Waals surface area contributed by atoms with Crippen molar-refractivity contribution in [3.8, 4) is 0 Å². The molecular weight excluding hydrogens is 308 g/mol. The highest BCUT2D eigenvalue weighted by Gasteiger charge is 2.36. The quantitative estimate of drug-likeness (QED) is 0.190. The largest absolute Gasteiger partial charge is 0.299 e. The van der Waals surface area contributed by atoms with Gasteiger partial charge in [0, 0.05) is 6.42 Å². The van der Waals surface area contributed by atoms with Gasteiger partial charge < -0.3 is 0 Å². The van der Waals surface area contributed by atoms with Gasteiger partial charge in [0.25, 0.3) is 0 Å². The first-order chi connectivity index (χ1) is 12.0. The minimum absolute atomic E-state index is 0.0615. The van der Waals surface area contributed by atoms with E-state index in [1.807, 2.05) is 6.92 Å². The van der Waals surface area contributed by atoms with E-state index in [0.717, 1.165) is 32.1 Å². The molecule has 0 spiro atoms. The van der Waals surface area contributed by atoms with E-state index in [1.54, 1.807) is 6.92 Å². The highest BCUT2D eigenvalue weighted by atomic mass is 16.2. The number of unbranched alkanes of at least 4 members (excludes halogenated alkanes) is 12. The number of rotatable bonds is 18. The first-order valence-corrected chi connectivity index (χ1v) is 11.0. The summed E-state index contributed by atoms with van der Waals surface area (Å²) in [7, 11) is 0. The van der Waals surface area contributed by atoms with Crippen LogP contribution in [0.15, 0.2) is 0 Å². The van der Waals surface area contributed by atoms with Crippen LogP contribution in [-0.4, -0.2) is 11.6 Å². The van der Waals surface area contributed by atoms with Gasteiger partial charge in [-0.15, -0.1) is 0 Å². The molecule has 0 aliphatic carbocycles. The van der Waals surface area contributed by atoms with E-state index in [4.69, 9.17) is 0 Å². The second-order valence-electron chi connectivity index (χ2n) is 8.05. The average Bonchev–Trinajstić information content (AvgIpc) is 2.59. The minimum atomic E-state index is -0.731. The number of hydrogen-bond donors (Lipinski definition) is 0. The topological polar surface area (TPSA) is 34.1 Å². The molecule has 1 atom stereocenters. The molecule has 0 amide bonds. The van der Waals surface area contributed by atoms with E-state index in [2.05, 4.69) is 13.8 Å². The van der Waals surface area contributed by atoms with Gasteiger partial charge in [-0.25, -0.2) is 0 Å². The molecular formula is C23H44O2. The Morgan fingerprint density at radius 3 is 1.48 bits per heavy atom. The third-order valence-electron chi connectivity index (χ3n) is 5.68. The lowest BCUT2D eigenvalue weighted by atomic mass is 9.75. The number of carbonyl (C=O) groups is 2. The summed E-state index contributed by atoms with van der Waals surface area (Å²) in [5, 5.41) is 0. The molecule has 0 bridgehead atoms. The molecule has 0 aliphatic heterocycles. The fourth-order valence-corrected chi connectivity index (χ4v) is 3.47. The van der Waals surface area contributed by atoms with Crippen LogP contribution in [-0.2, 0) is 9.59 Å². The lowest BCUT2D eigenvalue weighted by Gasteiger charge is -2.25. The molecule has 0 aromatic rings. The lowest BCUT2D eigenvalue weighted by Crippen LogP contribution is -2.35. The van der Waals surface area contributed by atoms with Crippen molar-refractivity contribution in [2.45, 2.75) is 130 Å². The van der Waals surface area contributed by atoms with Crippen molar-refractivity contribution >= 4 is 11.6 Å². The fourth-order valence-electron chi connectivity index (χ4n) is 3.47. The summed E-state index contributed by atoms with van der Waals surface area (Å²) in [5.74, 6) is 0.242. The summed E-state index contributed by atoms with van der Waals surface area (Å²) in [6, 6.07) is 0. The average molecular weight is 353 g/mol. The van der Waals surface area contributed by atoms with Gasteiger partial charge >= 0.3 is 0 Å². The van der Waals surface area contributed by atoms with Crippen molar-refractivity contribution in [3.05, 3.63) is 0 Å². The molecule has 0 rings (SSSR count). The number of carbonyl (C=O) groups excluding carboxylic acids is 2. The molecule has 0 aliphatic rings. The van der Waals surface area contributed by atoms with Gasteiger partial charge in [0.2, 0.25) is 0 Å². The van der Waals surface area contributed by atoms with Crippen LogP contribution < -0.4 is 0 Å². The Kier molecular flexibility index (Phi) is 15.2. The number of ketones is 2. The zero-order valence-corrected chi connectivity index (χ0v) is 17.6. The van der Waals surface area contributed by atoms with Crippen molar-refractivity contribution < 1.29 is 9.59 Å². The Morgan fingerprint density at radius 2 is 1.04 bits per heavy atom. The molecule has 1 unspecified atom stereocenters. The second kappa shape index (κ2) is 15.6. The van der Waals surface area contributed by atoms with Crippen LogP contribution in [0.2, 0.25) is 0 Å². The Balaban J connectivity index is 4.01. The van der Waals surface area contributed by atoms with Crippen LogP contribution >= 0.6 is 0 Å². The number of hydrogen-bond acceptors (Lipinski definition) is 2. The van der Waals surface area contributed by atoms with Crippen LogP contribution in [0, 0.1) is 5.41 Å². The van der Waals surface area contributed by atoms with Gasteiger partial charge in [0.1, 0.15) is 11.6 Å². The Bertz CT molecular complexity index is 348. The third-order valence-corrected chi connectivity index (χ3v) is 5.68. The monoisotopic (exact) mass is 352 g/mol. The van der Waals surface area contributed by atoms with Crippen molar-refractivity contribution in [3.63, 3.8) is 0 Å². The molecule has 0 aromatic heterocycles. The normalized spacial score (nSPS) is 13.6. The Morgan fingerprint density at radius 1 is 0.640 bits per heavy atom. The molecule has 0 N–H and O–H groups in total. The molecule has 148 valence electrons. The zero-order valence-electron chi connectivity index (χ0n) is 17.6. The van der Waals surface area contributed by atoms with Gasteiger partial charge in [0.15, 0.2) is 0 Å². The van der Waals surface area contributed by atoms with Crippen LogP contribution in [0.1, 0.15) is 130 Å². The Labute approximate surface area is 157 Å². The number of Topliss-reactive ketones (excluding diaryl/α,β-unsaturated/α-hetero) is 2. The first-order valence-electron chi connectivity index (χ1n) is 11.0. The molecule has 2 nitrogen and oxygen atoms in total. The summed E-state index contributed by atoms with van der Waals surface area (Å²) in [5.41, 5.74) is -0.731. The SMILES string of the molecule is CCCCCCCCCC(=O)C(C)(CCCCCCCCC)C(C)=O. The summed E-state index contributed by atoms with van der Waals surface area (Å²) in [6.45, 7) is 7.95. The molecule has 0 saturated heterocycles. The molecule has 0 aromatic carbocycles. The zero-order chi connectivity index (χ0) is 19.0. The van der Waals surface area contributed by atoms with Crippen LogP contribution in [0.3, 0.4) is 0 Å². The van der Waals surface area contributed by atoms with E-state index in [-0.39, 0.29) is 11.6 Å². The van der Waals surface area contributed by atoms with Gasteiger partial charge in [-0.3, -0.25) is 9.59 Å². The third kappa shape index (κ3) is 11.5. The fraction of sp³-hybridized carbons (Fsp3) is 0.913. The van der Waals surface area contributed by atoms with Gasteiger partial charge in [-0.05, 0) is 26.7 Å². The van der Waals surface area contributed by atoms with Crippen LogP contribution in [0.5, 0.6) is 0 Å². The summed E-state index contributed by atoms with van der Waals surface area (Å²) >= 11 is 0. The summed E-state index contributed by atoms with van der Waals surface area (Å²) in [4.78, 5) is 24.7. The van der Waals surface area contributed by atoms with Crippen LogP contribution in [0.25, 0.3) is 0 Å². The van der Waals surface area contributed by atoms with E-state index < -0.39 is 5.41 Å². The molecule has 0 saturated carbocycles. The Hall–Kier alpha value is -0.660. The van der Waals surface area contributed by atoms with Crippen molar-refractivity contribution in [2.75, 3.05) is 0 Å². The van der Waals surface area contributed by atoms with Crippen molar-refractivity contribution in [2.24, 2.45) is 5.41 Å². The maximum absolute atomic E-state index is 12.6. The highest BCUT2D eigenvalue weighted by Crippen LogP contribution is 2.29. The molecule has 0 heterocycles. The van der Waals surface area contributed by atoms with Crippen molar-refractivity contribution in [1.82, 2.24) is 0 Å². The maximum Gasteiger partial charge on any atom is 0.146 e. The maximum atomic E-state index is 12.6. The highest BCUT2D eigenvalue weighted by molar-refractivity contribution is 6.05. The second-order valence-corrected chi connectivity index (χ2v) is 8.05. The molecule has 0 radical (unpaired) electrons. The summed E-state index contributed by atoms with van der Waals surface area (Å²) < 4.78 is 0. The predicted octanol–water partition coefficient (Wildman–Crippen LogP) is 7.43. The minimum Gasteiger partial charge on any atom is -0.299 e. The van der Waals surface area contributed by atoms with Gasteiger partial charge in [0.05, 0.1) is 5.41 Å². The van der Waals surface area contributed by atoms with Crippen molar-refractivity contribution in [1.29, 1.82) is 0 Å². The van der Waals surface area contributed by atoms with Gasteiger partial charge in [-0.1, -0.05) is 97.3 Å². The van der Waals surface area contributed by atoms with E-state index in [9.17, 15) is 9.59 Å².